The number of carboxylic acid groups (broad SMARTS) is 1. The Morgan fingerprint density at radius 1 is 1.16 bits per heavy atom. The van der Waals surface area contributed by atoms with Crippen LogP contribution in [0.5, 0.6) is 5.88 Å². The number of benzene rings is 1. The average molecular weight is 502 g/mol. The monoisotopic (exact) mass is 501 g/mol. The molecule has 194 valence electrons. The third-order valence-electron chi connectivity index (χ3n) is 7.92. The minimum atomic E-state index is -1.07. The smallest absolute Gasteiger partial charge is 0.354 e. The van der Waals surface area contributed by atoms with Crippen LogP contribution in [-0.4, -0.2) is 57.0 Å². The molecule has 0 atom stereocenters. The summed E-state index contributed by atoms with van der Waals surface area (Å²) in [7, 11) is 2.09. The molecule has 1 saturated heterocycles. The van der Waals surface area contributed by atoms with E-state index in [1.54, 1.807) is 6.07 Å². The van der Waals surface area contributed by atoms with Gasteiger partial charge in [0.1, 0.15) is 0 Å². The van der Waals surface area contributed by atoms with Crippen molar-refractivity contribution in [2.24, 2.45) is 0 Å². The minimum Gasteiger partial charge on any atom is -0.477 e. The number of ether oxygens (including phenoxy) is 1. The molecule has 1 aliphatic heterocycles. The van der Waals surface area contributed by atoms with Crippen LogP contribution in [0.4, 0.5) is 0 Å². The molecule has 0 amide bonds. The van der Waals surface area contributed by atoms with Gasteiger partial charge in [-0.1, -0.05) is 43.5 Å². The first-order chi connectivity index (χ1) is 17.8. The number of piperidine rings is 1. The number of rotatable bonds is 6. The highest BCUT2D eigenvalue weighted by Gasteiger charge is 2.35. The van der Waals surface area contributed by atoms with Crippen LogP contribution in [0.25, 0.3) is 22.2 Å². The summed E-state index contributed by atoms with van der Waals surface area (Å²) in [5.74, 6) is -0.583. The van der Waals surface area contributed by atoms with Gasteiger partial charge in [0.2, 0.25) is 5.88 Å². The van der Waals surface area contributed by atoms with Crippen LogP contribution in [0.3, 0.4) is 0 Å². The number of hydrogen-bond donors (Lipinski definition) is 1. The first-order valence-electron chi connectivity index (χ1n) is 13.4. The number of carbonyl (C=O) groups is 1. The van der Waals surface area contributed by atoms with E-state index in [-0.39, 0.29) is 17.8 Å². The van der Waals surface area contributed by atoms with Gasteiger partial charge >= 0.3 is 5.97 Å². The molecule has 2 fully saturated rings. The molecule has 2 aromatic heterocycles. The molecule has 0 spiro atoms. The zero-order valence-electron chi connectivity index (χ0n) is 21.9. The molecule has 0 bridgehead atoms. The molecule has 5 rings (SSSR count). The Balaban J connectivity index is 1.65. The molecule has 37 heavy (non-hydrogen) atoms. The van der Waals surface area contributed by atoms with Crippen LogP contribution in [0.2, 0.25) is 0 Å². The Hall–Kier alpha value is -3.44. The Labute approximate surface area is 217 Å². The number of fused-ring (bicyclic) bond motifs is 1. The van der Waals surface area contributed by atoms with Gasteiger partial charge in [-0.3, -0.25) is 0 Å². The van der Waals surface area contributed by atoms with Gasteiger partial charge in [0.15, 0.2) is 11.3 Å². The van der Waals surface area contributed by atoms with E-state index in [0.29, 0.717) is 11.5 Å². The van der Waals surface area contributed by atoms with Crippen LogP contribution >= 0.6 is 0 Å². The minimum absolute atomic E-state index is 0.0107. The Bertz CT molecular complexity index is 1320. The fourth-order valence-corrected chi connectivity index (χ4v) is 5.76. The molecular weight excluding hydrogens is 466 g/mol. The van der Waals surface area contributed by atoms with Crippen molar-refractivity contribution in [1.82, 2.24) is 19.7 Å². The third-order valence-corrected chi connectivity index (χ3v) is 7.92. The maximum atomic E-state index is 12.1. The SMILES string of the molecule is CC(C)Oc1nn(C2CCCCC2)c2nc(C(=O)O)cc(-c3ccc(C4(C#N)CCN(C)CC4)cc3)c12. The summed E-state index contributed by atoms with van der Waals surface area (Å²) in [6, 6.07) is 12.4. The highest BCUT2D eigenvalue weighted by molar-refractivity contribution is 6.01. The van der Waals surface area contributed by atoms with Crippen molar-refractivity contribution in [3.05, 3.63) is 41.6 Å². The molecule has 0 radical (unpaired) electrons. The lowest BCUT2D eigenvalue weighted by atomic mass is 9.74. The number of likely N-dealkylation sites (tertiary alicyclic amines) is 1. The predicted octanol–water partition coefficient (Wildman–Crippen LogP) is 5.58. The predicted molar refractivity (Wildman–Crippen MR) is 142 cm³/mol. The van der Waals surface area contributed by atoms with Crippen LogP contribution in [0.15, 0.2) is 30.3 Å². The maximum absolute atomic E-state index is 12.1. The second kappa shape index (κ2) is 10.1. The molecule has 3 heterocycles. The third kappa shape index (κ3) is 4.80. The number of nitrogens with zero attached hydrogens (tertiary/aromatic N) is 5. The lowest BCUT2D eigenvalue weighted by Gasteiger charge is -2.35. The molecule has 1 aliphatic carbocycles. The largest absolute Gasteiger partial charge is 0.477 e. The highest BCUT2D eigenvalue weighted by atomic mass is 16.5. The molecule has 3 aromatic rings. The van der Waals surface area contributed by atoms with E-state index in [1.165, 1.54) is 6.42 Å². The Kier molecular flexibility index (Phi) is 6.91. The lowest BCUT2D eigenvalue weighted by molar-refractivity contribution is 0.0691. The van der Waals surface area contributed by atoms with Crippen molar-refractivity contribution in [2.45, 2.75) is 76.4 Å². The summed E-state index contributed by atoms with van der Waals surface area (Å²) in [4.78, 5) is 18.9. The van der Waals surface area contributed by atoms with Gasteiger partial charge in [0.05, 0.1) is 29.0 Å². The van der Waals surface area contributed by atoms with Gasteiger partial charge in [-0.05, 0) is 76.9 Å². The van der Waals surface area contributed by atoms with E-state index >= 15 is 0 Å². The summed E-state index contributed by atoms with van der Waals surface area (Å²) in [6.45, 7) is 5.70. The van der Waals surface area contributed by atoms with E-state index in [4.69, 9.17) is 9.84 Å². The van der Waals surface area contributed by atoms with Crippen molar-refractivity contribution in [2.75, 3.05) is 20.1 Å². The van der Waals surface area contributed by atoms with Crippen LogP contribution in [0.1, 0.15) is 80.9 Å². The van der Waals surface area contributed by atoms with E-state index in [9.17, 15) is 15.2 Å². The van der Waals surface area contributed by atoms with Crippen LogP contribution in [0, 0.1) is 11.3 Å². The van der Waals surface area contributed by atoms with Gasteiger partial charge < -0.3 is 14.7 Å². The van der Waals surface area contributed by atoms with Gasteiger partial charge in [-0.2, -0.15) is 5.26 Å². The van der Waals surface area contributed by atoms with Crippen molar-refractivity contribution < 1.29 is 14.6 Å². The second-order valence-electron chi connectivity index (χ2n) is 10.8. The normalized spacial score (nSPS) is 18.7. The van der Waals surface area contributed by atoms with Gasteiger partial charge in [-0.15, -0.1) is 5.10 Å². The molecular formula is C29H35N5O3. The van der Waals surface area contributed by atoms with Gasteiger partial charge in [0, 0.05) is 5.56 Å². The van der Waals surface area contributed by atoms with Crippen LogP contribution in [-0.2, 0) is 5.41 Å². The number of carboxylic acids is 1. The Morgan fingerprint density at radius 3 is 2.43 bits per heavy atom. The molecule has 8 nitrogen and oxygen atoms in total. The molecule has 8 heteroatoms. The second-order valence-corrected chi connectivity index (χ2v) is 10.8. The quantitative estimate of drug-likeness (QED) is 0.470. The molecule has 0 unspecified atom stereocenters. The number of aromatic nitrogens is 3. The van der Waals surface area contributed by atoms with Crippen molar-refractivity contribution in [1.29, 1.82) is 5.26 Å². The van der Waals surface area contributed by atoms with E-state index in [1.807, 2.05) is 42.8 Å². The van der Waals surface area contributed by atoms with Crippen molar-refractivity contribution >= 4 is 17.0 Å². The molecule has 2 aliphatic rings. The summed E-state index contributed by atoms with van der Waals surface area (Å²) < 4.78 is 8.06. The zero-order chi connectivity index (χ0) is 26.2. The van der Waals surface area contributed by atoms with E-state index < -0.39 is 11.4 Å². The van der Waals surface area contributed by atoms with Gasteiger partial charge in [-0.25, -0.2) is 14.5 Å². The summed E-state index contributed by atoms with van der Waals surface area (Å²) in [6.07, 6.45) is 6.93. The number of pyridine rings is 1. The average Bonchev–Trinajstić information content (AvgIpc) is 3.27. The summed E-state index contributed by atoms with van der Waals surface area (Å²) in [5.41, 5.74) is 2.65. The number of nitriles is 1. The van der Waals surface area contributed by atoms with Crippen molar-refractivity contribution in [3.8, 4) is 23.1 Å². The van der Waals surface area contributed by atoms with E-state index in [2.05, 4.69) is 23.0 Å². The lowest BCUT2D eigenvalue weighted by Crippen LogP contribution is -2.39. The zero-order valence-corrected chi connectivity index (χ0v) is 21.9. The number of aromatic carboxylic acids is 1. The van der Waals surface area contributed by atoms with Gasteiger partial charge in [0.25, 0.3) is 0 Å². The summed E-state index contributed by atoms with van der Waals surface area (Å²) in [5, 5.41) is 25.6. The fraction of sp³-hybridized carbons (Fsp3) is 0.517. The molecule has 1 N–H and O–H groups in total. The maximum Gasteiger partial charge on any atom is 0.354 e. The topological polar surface area (TPSA) is 104 Å². The number of hydrogen-bond acceptors (Lipinski definition) is 6. The standard InChI is InChI=1S/C29H35N5O3/c1-19(2)37-27-25-23(20-9-11-21(12-10-20)29(18-30)13-15-33(3)16-14-29)17-24(28(35)36)31-26(25)34(32-27)22-7-5-4-6-8-22/h9-12,17,19,22H,4-8,13-16H2,1-3H3,(H,35,36). The van der Waals surface area contributed by atoms with E-state index in [0.717, 1.165) is 73.7 Å². The highest BCUT2D eigenvalue weighted by Crippen LogP contribution is 2.41. The molecule has 1 aromatic carbocycles. The fourth-order valence-electron chi connectivity index (χ4n) is 5.76. The van der Waals surface area contributed by atoms with Crippen molar-refractivity contribution in [3.63, 3.8) is 0 Å². The Morgan fingerprint density at radius 2 is 1.84 bits per heavy atom. The first-order valence-corrected chi connectivity index (χ1v) is 13.4. The van der Waals surface area contributed by atoms with Crippen LogP contribution < -0.4 is 4.74 Å². The summed E-state index contributed by atoms with van der Waals surface area (Å²) >= 11 is 0. The molecule has 1 saturated carbocycles. The first kappa shape index (κ1) is 25.2.